The fourth-order valence-corrected chi connectivity index (χ4v) is 1.89. The number of nitrogens with one attached hydrogen (secondary N) is 1. The van der Waals surface area contributed by atoms with Gasteiger partial charge in [-0.3, -0.25) is 9.88 Å². The molecule has 3 heteroatoms. The highest BCUT2D eigenvalue weighted by molar-refractivity contribution is 5.03. The molecule has 1 aromatic heterocycles. The van der Waals surface area contributed by atoms with Crippen molar-refractivity contribution in [1.29, 1.82) is 0 Å². The van der Waals surface area contributed by atoms with Gasteiger partial charge in [0.05, 0.1) is 5.69 Å². The summed E-state index contributed by atoms with van der Waals surface area (Å²) < 4.78 is 0. The van der Waals surface area contributed by atoms with Crippen LogP contribution >= 0.6 is 0 Å². The van der Waals surface area contributed by atoms with Gasteiger partial charge in [0, 0.05) is 25.3 Å². The van der Waals surface area contributed by atoms with E-state index in [0.29, 0.717) is 6.04 Å². The minimum atomic E-state index is 0.678. The lowest BCUT2D eigenvalue weighted by atomic mass is 10.2. The summed E-state index contributed by atoms with van der Waals surface area (Å²) in [4.78, 5) is 6.71. The van der Waals surface area contributed by atoms with Gasteiger partial charge in [0.25, 0.3) is 0 Å². The molecule has 3 nitrogen and oxygen atoms in total. The first-order valence-corrected chi connectivity index (χ1v) is 5.17. The SMILES string of the molecule is CN(Cc1ccccn1)[C@@H]1CCNC1. The van der Waals surface area contributed by atoms with Gasteiger partial charge < -0.3 is 5.32 Å². The van der Waals surface area contributed by atoms with Gasteiger partial charge in [0.2, 0.25) is 0 Å². The maximum absolute atomic E-state index is 4.33. The largest absolute Gasteiger partial charge is 0.315 e. The molecule has 1 N–H and O–H groups in total. The third-order valence-corrected chi connectivity index (χ3v) is 2.80. The molecule has 0 radical (unpaired) electrons. The van der Waals surface area contributed by atoms with E-state index in [4.69, 9.17) is 0 Å². The molecule has 1 aliphatic heterocycles. The van der Waals surface area contributed by atoms with Crippen LogP contribution in [0.1, 0.15) is 12.1 Å². The minimum absolute atomic E-state index is 0.678. The van der Waals surface area contributed by atoms with Crippen molar-refractivity contribution in [2.45, 2.75) is 19.0 Å². The Morgan fingerprint density at radius 1 is 1.57 bits per heavy atom. The van der Waals surface area contributed by atoms with Crippen LogP contribution in [0, 0.1) is 0 Å². The lowest BCUT2D eigenvalue weighted by Crippen LogP contribution is -2.33. The van der Waals surface area contributed by atoms with Crippen LogP contribution in [0.15, 0.2) is 24.4 Å². The molecule has 2 rings (SSSR count). The van der Waals surface area contributed by atoms with Crippen LogP contribution in [0.2, 0.25) is 0 Å². The maximum atomic E-state index is 4.33. The molecule has 1 aromatic rings. The van der Waals surface area contributed by atoms with E-state index in [2.05, 4.69) is 28.3 Å². The van der Waals surface area contributed by atoms with Crippen molar-refractivity contribution in [2.75, 3.05) is 20.1 Å². The quantitative estimate of drug-likeness (QED) is 0.768. The topological polar surface area (TPSA) is 28.2 Å². The van der Waals surface area contributed by atoms with E-state index in [-0.39, 0.29) is 0 Å². The Morgan fingerprint density at radius 2 is 2.50 bits per heavy atom. The first-order valence-electron chi connectivity index (χ1n) is 5.17. The van der Waals surface area contributed by atoms with Crippen LogP contribution in [0.25, 0.3) is 0 Å². The molecule has 0 amide bonds. The van der Waals surface area contributed by atoms with Crippen molar-refractivity contribution in [3.63, 3.8) is 0 Å². The van der Waals surface area contributed by atoms with Gasteiger partial charge >= 0.3 is 0 Å². The summed E-state index contributed by atoms with van der Waals surface area (Å²) in [6.07, 6.45) is 3.11. The molecule has 2 heterocycles. The first-order chi connectivity index (χ1) is 6.86. The van der Waals surface area contributed by atoms with Crippen molar-refractivity contribution in [3.05, 3.63) is 30.1 Å². The molecule has 0 aromatic carbocycles. The molecule has 1 atom stereocenters. The number of likely N-dealkylation sites (N-methyl/N-ethyl adjacent to an activating group) is 1. The van der Waals surface area contributed by atoms with Gasteiger partial charge in [-0.05, 0) is 32.1 Å². The molecule has 0 saturated carbocycles. The van der Waals surface area contributed by atoms with E-state index in [1.54, 1.807) is 0 Å². The normalized spacial score (nSPS) is 21.7. The minimum Gasteiger partial charge on any atom is -0.315 e. The second kappa shape index (κ2) is 4.53. The third-order valence-electron chi connectivity index (χ3n) is 2.80. The van der Waals surface area contributed by atoms with Gasteiger partial charge in [-0.15, -0.1) is 0 Å². The van der Waals surface area contributed by atoms with E-state index in [9.17, 15) is 0 Å². The average molecular weight is 191 g/mol. The van der Waals surface area contributed by atoms with E-state index in [0.717, 1.165) is 25.3 Å². The highest BCUT2D eigenvalue weighted by atomic mass is 15.2. The van der Waals surface area contributed by atoms with Crippen molar-refractivity contribution >= 4 is 0 Å². The lowest BCUT2D eigenvalue weighted by molar-refractivity contribution is 0.246. The van der Waals surface area contributed by atoms with Gasteiger partial charge in [-0.25, -0.2) is 0 Å². The summed E-state index contributed by atoms with van der Waals surface area (Å²) in [5, 5.41) is 3.38. The van der Waals surface area contributed by atoms with Gasteiger partial charge in [-0.1, -0.05) is 6.07 Å². The van der Waals surface area contributed by atoms with Crippen LogP contribution < -0.4 is 5.32 Å². The highest BCUT2D eigenvalue weighted by Gasteiger charge is 2.18. The van der Waals surface area contributed by atoms with Gasteiger partial charge in [-0.2, -0.15) is 0 Å². The summed E-state index contributed by atoms with van der Waals surface area (Å²) >= 11 is 0. The molecule has 1 saturated heterocycles. The van der Waals surface area contributed by atoms with Crippen molar-refractivity contribution in [2.24, 2.45) is 0 Å². The Morgan fingerprint density at radius 3 is 3.14 bits per heavy atom. The molecule has 1 aliphatic rings. The Labute approximate surface area is 85.1 Å². The predicted molar refractivity (Wildman–Crippen MR) is 57.0 cm³/mol. The van der Waals surface area contributed by atoms with Crippen molar-refractivity contribution in [3.8, 4) is 0 Å². The predicted octanol–water partition coefficient (Wildman–Crippen LogP) is 0.875. The van der Waals surface area contributed by atoms with Crippen LogP contribution in [0.3, 0.4) is 0 Å². The van der Waals surface area contributed by atoms with Crippen LogP contribution in [-0.4, -0.2) is 36.1 Å². The summed E-state index contributed by atoms with van der Waals surface area (Å²) in [6, 6.07) is 6.76. The zero-order valence-corrected chi connectivity index (χ0v) is 8.61. The fraction of sp³-hybridized carbons (Fsp3) is 0.545. The molecule has 14 heavy (non-hydrogen) atoms. The Hall–Kier alpha value is -0.930. The van der Waals surface area contributed by atoms with E-state index in [1.165, 1.54) is 6.42 Å². The maximum Gasteiger partial charge on any atom is 0.0543 e. The lowest BCUT2D eigenvalue weighted by Gasteiger charge is -2.22. The summed E-state index contributed by atoms with van der Waals surface area (Å²) in [7, 11) is 2.17. The summed E-state index contributed by atoms with van der Waals surface area (Å²) in [5.74, 6) is 0. The van der Waals surface area contributed by atoms with E-state index in [1.807, 2.05) is 18.3 Å². The number of hydrogen-bond donors (Lipinski definition) is 1. The average Bonchev–Trinajstić information content (AvgIpc) is 2.72. The summed E-state index contributed by atoms with van der Waals surface area (Å²) in [5.41, 5.74) is 1.15. The highest BCUT2D eigenvalue weighted by Crippen LogP contribution is 2.09. The molecule has 0 bridgehead atoms. The number of aromatic nitrogens is 1. The molecule has 0 aliphatic carbocycles. The van der Waals surface area contributed by atoms with E-state index < -0.39 is 0 Å². The number of nitrogens with zero attached hydrogens (tertiary/aromatic N) is 2. The first kappa shape index (κ1) is 9.62. The fourth-order valence-electron chi connectivity index (χ4n) is 1.89. The Balaban J connectivity index is 1.90. The van der Waals surface area contributed by atoms with Gasteiger partial charge in [0.1, 0.15) is 0 Å². The molecule has 0 spiro atoms. The monoisotopic (exact) mass is 191 g/mol. The van der Waals surface area contributed by atoms with Crippen LogP contribution in [-0.2, 0) is 6.54 Å². The van der Waals surface area contributed by atoms with Crippen molar-refractivity contribution in [1.82, 2.24) is 15.2 Å². The Kier molecular flexibility index (Phi) is 3.11. The second-order valence-electron chi connectivity index (χ2n) is 3.88. The summed E-state index contributed by atoms with van der Waals surface area (Å²) in [6.45, 7) is 3.22. The van der Waals surface area contributed by atoms with Crippen LogP contribution in [0.4, 0.5) is 0 Å². The molecule has 76 valence electrons. The third kappa shape index (κ3) is 2.30. The smallest absolute Gasteiger partial charge is 0.0543 e. The van der Waals surface area contributed by atoms with Crippen molar-refractivity contribution < 1.29 is 0 Å². The van der Waals surface area contributed by atoms with E-state index >= 15 is 0 Å². The second-order valence-corrected chi connectivity index (χ2v) is 3.88. The molecule has 0 unspecified atom stereocenters. The molecular weight excluding hydrogens is 174 g/mol. The van der Waals surface area contributed by atoms with Gasteiger partial charge in [0.15, 0.2) is 0 Å². The molecule has 1 fully saturated rings. The standard InChI is InChI=1S/C11H17N3/c1-14(11-5-7-12-8-11)9-10-4-2-3-6-13-10/h2-4,6,11-12H,5,7-9H2,1H3/t11-/m1/s1. The molecular formula is C11H17N3. The van der Waals surface area contributed by atoms with Crippen LogP contribution in [0.5, 0.6) is 0 Å². The zero-order valence-electron chi connectivity index (χ0n) is 8.61. The Bertz CT molecular complexity index is 267. The number of rotatable bonds is 3. The number of pyridine rings is 1. The zero-order chi connectivity index (χ0) is 9.80. The number of hydrogen-bond acceptors (Lipinski definition) is 3.